The summed E-state index contributed by atoms with van der Waals surface area (Å²) in [4.78, 5) is 22.0. The molecule has 19 heavy (non-hydrogen) atoms. The number of nitro benzene ring substituents is 1. The highest BCUT2D eigenvalue weighted by molar-refractivity contribution is 5.93. The first kappa shape index (κ1) is 13.0. The maximum absolute atomic E-state index is 11.8. The number of benzene rings is 1. The van der Waals surface area contributed by atoms with Gasteiger partial charge in [-0.25, -0.2) is 4.79 Å². The van der Waals surface area contributed by atoms with E-state index in [9.17, 15) is 14.9 Å². The van der Waals surface area contributed by atoms with E-state index >= 15 is 0 Å². The van der Waals surface area contributed by atoms with Gasteiger partial charge in [-0.3, -0.25) is 10.1 Å². The maximum atomic E-state index is 11.8. The number of nitro groups is 1. The SMILES string of the molecule is N#CCC1(COC(=O)c2ccccc2[N+](=O)[O-])CC1. The van der Waals surface area contributed by atoms with E-state index in [1.165, 1.54) is 18.2 Å². The summed E-state index contributed by atoms with van der Waals surface area (Å²) in [7, 11) is 0. The zero-order chi connectivity index (χ0) is 13.9. The third-order valence-corrected chi connectivity index (χ3v) is 3.24. The van der Waals surface area contributed by atoms with E-state index in [2.05, 4.69) is 6.07 Å². The molecule has 0 N–H and O–H groups in total. The first-order valence-corrected chi connectivity index (χ1v) is 5.85. The number of carbonyl (C=O) groups is 1. The Hall–Kier alpha value is -2.42. The lowest BCUT2D eigenvalue weighted by Crippen LogP contribution is -2.15. The number of esters is 1. The highest BCUT2D eigenvalue weighted by Gasteiger charge is 2.44. The van der Waals surface area contributed by atoms with Crippen molar-refractivity contribution in [2.75, 3.05) is 6.61 Å². The van der Waals surface area contributed by atoms with Gasteiger partial charge in [-0.2, -0.15) is 5.26 Å². The van der Waals surface area contributed by atoms with Crippen LogP contribution in [0.1, 0.15) is 29.6 Å². The van der Waals surface area contributed by atoms with Gasteiger partial charge in [0.1, 0.15) is 5.56 Å². The monoisotopic (exact) mass is 260 g/mol. The van der Waals surface area contributed by atoms with Gasteiger partial charge < -0.3 is 4.74 Å². The lowest BCUT2D eigenvalue weighted by atomic mass is 10.1. The summed E-state index contributed by atoms with van der Waals surface area (Å²) in [5.41, 5.74) is -0.550. The lowest BCUT2D eigenvalue weighted by molar-refractivity contribution is -0.385. The van der Waals surface area contributed by atoms with Gasteiger partial charge in [0.05, 0.1) is 17.6 Å². The van der Waals surface area contributed by atoms with Crippen LogP contribution >= 0.6 is 0 Å². The number of rotatable bonds is 5. The minimum Gasteiger partial charge on any atom is -0.461 e. The third kappa shape index (κ3) is 2.88. The van der Waals surface area contributed by atoms with Crippen LogP contribution in [0.25, 0.3) is 0 Å². The predicted octanol–water partition coefficient (Wildman–Crippen LogP) is 2.45. The normalized spacial score (nSPS) is 15.3. The Morgan fingerprint density at radius 3 is 2.74 bits per heavy atom. The van der Waals surface area contributed by atoms with Gasteiger partial charge >= 0.3 is 5.97 Å². The van der Waals surface area contributed by atoms with Crippen LogP contribution in [0.2, 0.25) is 0 Å². The summed E-state index contributed by atoms with van der Waals surface area (Å²) in [6, 6.07) is 7.73. The van der Waals surface area contributed by atoms with Gasteiger partial charge in [0.25, 0.3) is 5.69 Å². The fourth-order valence-electron chi connectivity index (χ4n) is 1.82. The highest BCUT2D eigenvalue weighted by atomic mass is 16.6. The van der Waals surface area contributed by atoms with Gasteiger partial charge in [-0.1, -0.05) is 12.1 Å². The van der Waals surface area contributed by atoms with Gasteiger partial charge in [0.2, 0.25) is 0 Å². The smallest absolute Gasteiger partial charge is 0.345 e. The minimum absolute atomic E-state index is 0.0553. The van der Waals surface area contributed by atoms with E-state index < -0.39 is 10.9 Å². The Morgan fingerprint density at radius 1 is 1.47 bits per heavy atom. The molecule has 6 nitrogen and oxygen atoms in total. The Morgan fingerprint density at radius 2 is 2.16 bits per heavy atom. The van der Waals surface area contributed by atoms with Gasteiger partial charge in [-0.15, -0.1) is 0 Å². The highest BCUT2D eigenvalue weighted by Crippen LogP contribution is 2.48. The molecule has 1 aliphatic rings. The second kappa shape index (κ2) is 5.06. The molecule has 2 rings (SSSR count). The molecule has 0 aromatic heterocycles. The quantitative estimate of drug-likeness (QED) is 0.460. The Bertz CT molecular complexity index is 558. The average molecular weight is 260 g/mol. The molecule has 0 unspecified atom stereocenters. The molecule has 0 saturated heterocycles. The van der Waals surface area contributed by atoms with Crippen LogP contribution in [0, 0.1) is 26.9 Å². The summed E-state index contributed by atoms with van der Waals surface area (Å²) in [5, 5.41) is 19.5. The van der Waals surface area contributed by atoms with Crippen molar-refractivity contribution in [3.05, 3.63) is 39.9 Å². The van der Waals surface area contributed by atoms with E-state index in [0.717, 1.165) is 12.8 Å². The number of nitrogens with zero attached hydrogens (tertiary/aromatic N) is 2. The molecule has 0 heterocycles. The van der Waals surface area contributed by atoms with Crippen LogP contribution in [0.5, 0.6) is 0 Å². The van der Waals surface area contributed by atoms with Crippen molar-refractivity contribution < 1.29 is 14.5 Å². The number of nitriles is 1. The van der Waals surface area contributed by atoms with Crippen molar-refractivity contribution in [1.29, 1.82) is 5.26 Å². The largest absolute Gasteiger partial charge is 0.461 e. The molecule has 0 radical (unpaired) electrons. The number of carbonyl (C=O) groups excluding carboxylic acids is 1. The molecule has 0 amide bonds. The zero-order valence-electron chi connectivity index (χ0n) is 10.2. The summed E-state index contributed by atoms with van der Waals surface area (Å²) >= 11 is 0. The molecule has 0 aliphatic heterocycles. The molecular formula is C13H12N2O4. The standard InChI is InChI=1S/C13H12N2O4/c14-8-7-13(5-6-13)9-19-12(16)10-3-1-2-4-11(10)15(17)18/h1-4H,5-7,9H2. The first-order valence-electron chi connectivity index (χ1n) is 5.85. The van der Waals surface area contributed by atoms with E-state index in [0.29, 0.717) is 6.42 Å². The van der Waals surface area contributed by atoms with Gasteiger partial charge in [0.15, 0.2) is 0 Å². The van der Waals surface area contributed by atoms with Crippen molar-refractivity contribution in [1.82, 2.24) is 0 Å². The van der Waals surface area contributed by atoms with Gasteiger partial charge in [-0.05, 0) is 18.9 Å². The molecule has 1 saturated carbocycles. The van der Waals surface area contributed by atoms with E-state index in [1.807, 2.05) is 0 Å². The second-order valence-corrected chi connectivity index (χ2v) is 4.69. The number of hydrogen-bond acceptors (Lipinski definition) is 5. The summed E-state index contributed by atoms with van der Waals surface area (Å²) in [6.07, 6.45) is 2.05. The van der Waals surface area contributed by atoms with Crippen LogP contribution in [-0.4, -0.2) is 17.5 Å². The van der Waals surface area contributed by atoms with Crippen LogP contribution in [-0.2, 0) is 4.74 Å². The molecule has 0 bridgehead atoms. The van der Waals surface area contributed by atoms with Crippen LogP contribution in [0.4, 0.5) is 5.69 Å². The van der Waals surface area contributed by atoms with Crippen molar-refractivity contribution in [3.63, 3.8) is 0 Å². The lowest BCUT2D eigenvalue weighted by Gasteiger charge is -2.11. The Balaban J connectivity index is 2.05. The molecule has 1 aromatic rings. The van der Waals surface area contributed by atoms with Crippen molar-refractivity contribution in [3.8, 4) is 6.07 Å². The fourth-order valence-corrected chi connectivity index (χ4v) is 1.82. The van der Waals surface area contributed by atoms with E-state index in [4.69, 9.17) is 10.00 Å². The molecule has 0 atom stereocenters. The van der Waals surface area contributed by atoms with Crippen molar-refractivity contribution >= 4 is 11.7 Å². The molecule has 1 fully saturated rings. The maximum Gasteiger partial charge on any atom is 0.345 e. The average Bonchev–Trinajstić information content (AvgIpc) is 3.17. The molecule has 0 spiro atoms. The number of ether oxygens (including phenoxy) is 1. The minimum atomic E-state index is -0.712. The van der Waals surface area contributed by atoms with E-state index in [-0.39, 0.29) is 23.3 Å². The third-order valence-electron chi connectivity index (χ3n) is 3.24. The topological polar surface area (TPSA) is 93.2 Å². The van der Waals surface area contributed by atoms with E-state index in [1.54, 1.807) is 6.07 Å². The number of para-hydroxylation sites is 1. The molecule has 6 heteroatoms. The zero-order valence-corrected chi connectivity index (χ0v) is 10.2. The van der Waals surface area contributed by atoms with Crippen LogP contribution in [0.15, 0.2) is 24.3 Å². The Labute approximate surface area is 109 Å². The van der Waals surface area contributed by atoms with Crippen molar-refractivity contribution in [2.24, 2.45) is 5.41 Å². The second-order valence-electron chi connectivity index (χ2n) is 4.69. The molecule has 1 aliphatic carbocycles. The molecular weight excluding hydrogens is 248 g/mol. The van der Waals surface area contributed by atoms with Crippen LogP contribution < -0.4 is 0 Å². The summed E-state index contributed by atoms with van der Waals surface area (Å²) in [5.74, 6) is -0.712. The van der Waals surface area contributed by atoms with Crippen molar-refractivity contribution in [2.45, 2.75) is 19.3 Å². The Kier molecular flexibility index (Phi) is 3.47. The molecule has 98 valence electrons. The fraction of sp³-hybridized carbons (Fsp3) is 0.385. The van der Waals surface area contributed by atoms with Gasteiger partial charge in [0, 0.05) is 17.9 Å². The summed E-state index contributed by atoms with van der Waals surface area (Å²) < 4.78 is 5.10. The van der Waals surface area contributed by atoms with Crippen LogP contribution in [0.3, 0.4) is 0 Å². The first-order chi connectivity index (χ1) is 9.08. The summed E-state index contributed by atoms with van der Waals surface area (Å²) in [6.45, 7) is 0.144. The molecule has 1 aromatic carbocycles. The number of hydrogen-bond donors (Lipinski definition) is 0. The predicted molar refractivity (Wildman–Crippen MR) is 65.3 cm³/mol.